The van der Waals surface area contributed by atoms with Crippen LogP contribution in [0.5, 0.6) is 0 Å². The Bertz CT molecular complexity index is 903. The highest BCUT2D eigenvalue weighted by atomic mass is 16.2. The number of aromatic nitrogens is 1. The Balaban J connectivity index is 1.63. The first kappa shape index (κ1) is 19.7. The maximum absolute atomic E-state index is 13.5. The second-order valence-electron chi connectivity index (χ2n) is 9.40. The quantitative estimate of drug-likeness (QED) is 0.794. The van der Waals surface area contributed by atoms with Crippen molar-refractivity contribution in [3.8, 4) is 0 Å². The number of nitrogens with zero attached hydrogens (tertiary/aromatic N) is 3. The summed E-state index contributed by atoms with van der Waals surface area (Å²) in [6, 6.07) is 12.4. The van der Waals surface area contributed by atoms with Gasteiger partial charge in [0.2, 0.25) is 11.8 Å². The largest absolute Gasteiger partial charge is 0.348 e. The van der Waals surface area contributed by atoms with E-state index in [0.29, 0.717) is 6.54 Å². The Morgan fingerprint density at radius 2 is 1.76 bits per heavy atom. The Kier molecular flexibility index (Phi) is 5.01. The van der Waals surface area contributed by atoms with Crippen molar-refractivity contribution in [2.24, 2.45) is 5.92 Å². The van der Waals surface area contributed by atoms with Crippen LogP contribution in [0.1, 0.15) is 56.5 Å². The molecule has 2 amide bonds. The SMILES string of the molecule is Cc1ccc([C@H]2c3cccn3CCN2C(=O)CN(C(=O)C2CC2)C(C)(C)C)cc1. The fourth-order valence-corrected chi connectivity index (χ4v) is 4.17. The Hall–Kier alpha value is -2.56. The summed E-state index contributed by atoms with van der Waals surface area (Å²) in [4.78, 5) is 30.1. The summed E-state index contributed by atoms with van der Waals surface area (Å²) < 4.78 is 2.23. The van der Waals surface area contributed by atoms with Gasteiger partial charge in [0.05, 0.1) is 6.04 Å². The monoisotopic (exact) mass is 393 g/mol. The second-order valence-corrected chi connectivity index (χ2v) is 9.40. The van der Waals surface area contributed by atoms with E-state index in [1.165, 1.54) is 5.56 Å². The van der Waals surface area contributed by atoms with Crippen molar-refractivity contribution in [1.29, 1.82) is 0 Å². The summed E-state index contributed by atoms with van der Waals surface area (Å²) in [5.74, 6) is 0.249. The number of hydrogen-bond donors (Lipinski definition) is 0. The van der Waals surface area contributed by atoms with Crippen LogP contribution in [0.25, 0.3) is 0 Å². The van der Waals surface area contributed by atoms with E-state index in [2.05, 4.69) is 48.0 Å². The number of carbonyl (C=O) groups excluding carboxylic acids is 2. The molecule has 0 saturated heterocycles. The molecule has 29 heavy (non-hydrogen) atoms. The second kappa shape index (κ2) is 7.36. The number of hydrogen-bond acceptors (Lipinski definition) is 2. The maximum atomic E-state index is 13.5. The van der Waals surface area contributed by atoms with Gasteiger partial charge in [-0.3, -0.25) is 9.59 Å². The Morgan fingerprint density at radius 3 is 2.38 bits per heavy atom. The lowest BCUT2D eigenvalue weighted by Gasteiger charge is -2.41. The van der Waals surface area contributed by atoms with Gasteiger partial charge in [0.15, 0.2) is 0 Å². The van der Waals surface area contributed by atoms with Crippen LogP contribution in [-0.2, 0) is 16.1 Å². The number of fused-ring (bicyclic) bond motifs is 1. The molecule has 0 spiro atoms. The summed E-state index contributed by atoms with van der Waals surface area (Å²) >= 11 is 0. The van der Waals surface area contributed by atoms with Crippen molar-refractivity contribution < 1.29 is 9.59 Å². The summed E-state index contributed by atoms with van der Waals surface area (Å²) in [5.41, 5.74) is 3.07. The molecule has 1 aromatic carbocycles. The molecular weight excluding hydrogens is 362 g/mol. The molecule has 1 atom stereocenters. The molecule has 0 bridgehead atoms. The maximum Gasteiger partial charge on any atom is 0.243 e. The van der Waals surface area contributed by atoms with Crippen LogP contribution in [0, 0.1) is 12.8 Å². The van der Waals surface area contributed by atoms with Gasteiger partial charge in [0.25, 0.3) is 0 Å². The van der Waals surface area contributed by atoms with Gasteiger partial charge < -0.3 is 14.4 Å². The highest BCUT2D eigenvalue weighted by Crippen LogP contribution is 2.35. The summed E-state index contributed by atoms with van der Waals surface area (Å²) in [6.45, 7) is 9.68. The van der Waals surface area contributed by atoms with Crippen molar-refractivity contribution >= 4 is 11.8 Å². The van der Waals surface area contributed by atoms with Gasteiger partial charge in [-0.1, -0.05) is 29.8 Å². The zero-order valence-corrected chi connectivity index (χ0v) is 17.9. The minimum Gasteiger partial charge on any atom is -0.348 e. The molecule has 4 rings (SSSR count). The predicted molar refractivity (Wildman–Crippen MR) is 113 cm³/mol. The standard InChI is InChI=1S/C24H31N3O2/c1-17-7-9-18(10-8-17)22-20-6-5-13-25(20)14-15-26(22)21(28)16-27(24(2,3)4)23(29)19-11-12-19/h5-10,13,19,22H,11-12,14-16H2,1-4H3/t22-/m0/s1. The summed E-state index contributed by atoms with van der Waals surface area (Å²) in [5, 5.41) is 0. The Labute approximate surface area is 173 Å². The van der Waals surface area contributed by atoms with Crippen LogP contribution >= 0.6 is 0 Å². The van der Waals surface area contributed by atoms with Crippen LogP contribution in [0.2, 0.25) is 0 Å². The van der Waals surface area contributed by atoms with E-state index >= 15 is 0 Å². The van der Waals surface area contributed by atoms with E-state index in [4.69, 9.17) is 0 Å². The Morgan fingerprint density at radius 1 is 1.07 bits per heavy atom. The smallest absolute Gasteiger partial charge is 0.243 e. The zero-order valence-electron chi connectivity index (χ0n) is 17.9. The lowest BCUT2D eigenvalue weighted by atomic mass is 9.98. The fourth-order valence-electron chi connectivity index (χ4n) is 4.17. The molecule has 0 N–H and O–H groups in total. The number of amides is 2. The molecular formula is C24H31N3O2. The zero-order chi connectivity index (χ0) is 20.8. The van der Waals surface area contributed by atoms with Crippen LogP contribution in [0.15, 0.2) is 42.6 Å². The topological polar surface area (TPSA) is 45.6 Å². The number of rotatable bonds is 4. The minimum absolute atomic E-state index is 0.0203. The van der Waals surface area contributed by atoms with Gasteiger partial charge in [-0.2, -0.15) is 0 Å². The van der Waals surface area contributed by atoms with Gasteiger partial charge in [0, 0.05) is 36.4 Å². The average molecular weight is 394 g/mol. The predicted octanol–water partition coefficient (Wildman–Crippen LogP) is 3.77. The molecule has 1 aliphatic carbocycles. The normalized spacial score (nSPS) is 19.0. The third-order valence-corrected chi connectivity index (χ3v) is 6.05. The molecule has 1 aliphatic heterocycles. The van der Waals surface area contributed by atoms with Gasteiger partial charge in [0.1, 0.15) is 6.54 Å². The van der Waals surface area contributed by atoms with E-state index in [1.54, 1.807) is 4.90 Å². The highest BCUT2D eigenvalue weighted by molar-refractivity contribution is 5.88. The number of benzene rings is 1. The lowest BCUT2D eigenvalue weighted by molar-refractivity contribution is -0.147. The van der Waals surface area contributed by atoms with Crippen LogP contribution in [-0.4, -0.2) is 44.8 Å². The third kappa shape index (κ3) is 3.96. The number of aryl methyl sites for hydroxylation is 1. The molecule has 2 aromatic rings. The van der Waals surface area contributed by atoms with E-state index in [0.717, 1.165) is 30.6 Å². The van der Waals surface area contributed by atoms with Gasteiger partial charge in [-0.25, -0.2) is 0 Å². The molecule has 2 aliphatic rings. The molecule has 154 valence electrons. The van der Waals surface area contributed by atoms with Gasteiger partial charge in [-0.15, -0.1) is 0 Å². The average Bonchev–Trinajstić information content (AvgIpc) is 3.41. The fraction of sp³-hybridized carbons (Fsp3) is 0.500. The van der Waals surface area contributed by atoms with Crippen LogP contribution in [0.4, 0.5) is 0 Å². The first-order valence-electron chi connectivity index (χ1n) is 10.6. The van der Waals surface area contributed by atoms with Crippen LogP contribution in [0.3, 0.4) is 0 Å². The molecule has 5 nitrogen and oxygen atoms in total. The first-order valence-corrected chi connectivity index (χ1v) is 10.6. The molecule has 1 fully saturated rings. The first-order chi connectivity index (χ1) is 13.8. The third-order valence-electron chi connectivity index (χ3n) is 6.05. The van der Waals surface area contributed by atoms with E-state index in [-0.39, 0.29) is 35.9 Å². The van der Waals surface area contributed by atoms with Crippen LogP contribution < -0.4 is 0 Å². The van der Waals surface area contributed by atoms with E-state index in [1.807, 2.05) is 31.7 Å². The molecule has 2 heterocycles. The van der Waals surface area contributed by atoms with Crippen molar-refractivity contribution in [3.63, 3.8) is 0 Å². The molecule has 0 radical (unpaired) electrons. The summed E-state index contributed by atoms with van der Waals surface area (Å²) in [6.07, 6.45) is 3.97. The van der Waals surface area contributed by atoms with Crippen molar-refractivity contribution in [1.82, 2.24) is 14.4 Å². The highest BCUT2D eigenvalue weighted by Gasteiger charge is 2.40. The minimum atomic E-state index is -0.370. The van der Waals surface area contributed by atoms with Gasteiger partial charge >= 0.3 is 0 Å². The molecule has 0 unspecified atom stereocenters. The number of carbonyl (C=O) groups is 2. The molecule has 1 aromatic heterocycles. The lowest BCUT2D eigenvalue weighted by Crippen LogP contribution is -2.53. The van der Waals surface area contributed by atoms with E-state index in [9.17, 15) is 9.59 Å². The van der Waals surface area contributed by atoms with Crippen molar-refractivity contribution in [2.45, 2.75) is 58.7 Å². The molecule has 1 saturated carbocycles. The molecule has 5 heteroatoms. The van der Waals surface area contributed by atoms with Crippen molar-refractivity contribution in [2.75, 3.05) is 13.1 Å². The van der Waals surface area contributed by atoms with Gasteiger partial charge in [-0.05, 0) is 58.2 Å². The van der Waals surface area contributed by atoms with Crippen molar-refractivity contribution in [3.05, 3.63) is 59.4 Å². The van der Waals surface area contributed by atoms with E-state index < -0.39 is 0 Å². The summed E-state index contributed by atoms with van der Waals surface area (Å²) in [7, 11) is 0.